The van der Waals surface area contributed by atoms with Gasteiger partial charge < -0.3 is 24.1 Å². The van der Waals surface area contributed by atoms with Gasteiger partial charge in [0.2, 0.25) is 0 Å². The maximum Gasteiger partial charge on any atom is 0.437 e. The van der Waals surface area contributed by atoms with Gasteiger partial charge in [0.05, 0.1) is 23.7 Å². The Morgan fingerprint density at radius 1 is 1.21 bits per heavy atom. The molecule has 0 saturated carbocycles. The van der Waals surface area contributed by atoms with Crippen LogP contribution < -0.4 is 20.5 Å². The lowest BCUT2D eigenvalue weighted by molar-refractivity contribution is 0.200. The SMILES string of the molecule is COc1cc(OC(=O)NCc2ccccc2)c(Cl)cc1-c1nn(C2CCN(C)CC2)c(=O)o1. The standard InChI is InChI=1S/C23H25ClN4O5/c1-27-10-8-16(9-11-27)28-23(30)33-21(26-28)17-12-18(24)20(13-19(17)31-2)32-22(29)25-14-15-6-4-3-5-7-15/h3-7,12-13,16H,8-11,14H2,1-2H3,(H,25,29). The van der Waals surface area contributed by atoms with Gasteiger partial charge in [-0.05, 0) is 44.6 Å². The molecule has 0 unspecified atom stereocenters. The van der Waals surface area contributed by atoms with Gasteiger partial charge in [-0.2, -0.15) is 4.68 Å². The summed E-state index contributed by atoms with van der Waals surface area (Å²) in [7, 11) is 3.50. The van der Waals surface area contributed by atoms with Crippen LogP contribution >= 0.6 is 11.6 Å². The molecule has 33 heavy (non-hydrogen) atoms. The number of carbonyl (C=O) groups excluding carboxylic acids is 1. The first-order chi connectivity index (χ1) is 15.9. The molecule has 0 radical (unpaired) electrons. The van der Waals surface area contributed by atoms with E-state index in [9.17, 15) is 9.59 Å². The number of hydrogen-bond donors (Lipinski definition) is 1. The van der Waals surface area contributed by atoms with Gasteiger partial charge >= 0.3 is 11.8 Å². The fraction of sp³-hybridized carbons (Fsp3) is 0.348. The van der Waals surface area contributed by atoms with Crippen LogP contribution in [0.1, 0.15) is 24.4 Å². The van der Waals surface area contributed by atoms with Crippen molar-refractivity contribution < 1.29 is 18.7 Å². The second kappa shape index (κ2) is 10.1. The van der Waals surface area contributed by atoms with Crippen molar-refractivity contribution >= 4 is 17.7 Å². The number of rotatable bonds is 6. The predicted molar refractivity (Wildman–Crippen MR) is 123 cm³/mol. The fourth-order valence-electron chi connectivity index (χ4n) is 3.72. The van der Waals surface area contributed by atoms with E-state index >= 15 is 0 Å². The number of hydrogen-bond acceptors (Lipinski definition) is 7. The van der Waals surface area contributed by atoms with Crippen molar-refractivity contribution in [3.8, 4) is 23.0 Å². The second-order valence-corrected chi connectivity index (χ2v) is 8.27. The molecule has 0 bridgehead atoms. The number of amides is 1. The lowest BCUT2D eigenvalue weighted by Crippen LogP contribution is -2.34. The van der Waals surface area contributed by atoms with E-state index in [0.717, 1.165) is 31.5 Å². The zero-order valence-electron chi connectivity index (χ0n) is 18.4. The molecule has 1 fully saturated rings. The summed E-state index contributed by atoms with van der Waals surface area (Å²) in [4.78, 5) is 26.9. The predicted octanol–water partition coefficient (Wildman–Crippen LogP) is 3.72. The van der Waals surface area contributed by atoms with Crippen LogP contribution in [0.3, 0.4) is 0 Å². The van der Waals surface area contributed by atoms with Crippen LogP contribution in [0.15, 0.2) is 51.7 Å². The van der Waals surface area contributed by atoms with E-state index in [4.69, 9.17) is 25.5 Å². The molecule has 4 rings (SSSR count). The number of piperidine rings is 1. The van der Waals surface area contributed by atoms with E-state index < -0.39 is 11.8 Å². The number of halogens is 1. The molecule has 1 aromatic heterocycles. The highest BCUT2D eigenvalue weighted by molar-refractivity contribution is 6.32. The molecule has 1 aliphatic rings. The van der Waals surface area contributed by atoms with Crippen LogP contribution in [0.4, 0.5) is 4.79 Å². The van der Waals surface area contributed by atoms with Crippen LogP contribution in [-0.2, 0) is 6.54 Å². The second-order valence-electron chi connectivity index (χ2n) is 7.86. The Hall–Kier alpha value is -3.30. The number of nitrogens with zero attached hydrogens (tertiary/aromatic N) is 3. The minimum atomic E-state index is -0.659. The number of likely N-dealkylation sites (tertiary alicyclic amines) is 1. The molecule has 3 aromatic rings. The molecule has 2 heterocycles. The van der Waals surface area contributed by atoms with Gasteiger partial charge in [-0.1, -0.05) is 41.9 Å². The highest BCUT2D eigenvalue weighted by Crippen LogP contribution is 2.38. The average molecular weight is 473 g/mol. The first-order valence-corrected chi connectivity index (χ1v) is 11.0. The molecule has 10 heteroatoms. The molecule has 0 aliphatic carbocycles. The van der Waals surface area contributed by atoms with Crippen molar-refractivity contribution in [1.82, 2.24) is 20.0 Å². The van der Waals surface area contributed by atoms with Crippen LogP contribution in [0.25, 0.3) is 11.5 Å². The van der Waals surface area contributed by atoms with Crippen LogP contribution in [0, 0.1) is 0 Å². The van der Waals surface area contributed by atoms with E-state index in [2.05, 4.69) is 15.3 Å². The Labute approximate surface area is 195 Å². The number of ether oxygens (including phenoxy) is 2. The third-order valence-electron chi connectivity index (χ3n) is 5.57. The van der Waals surface area contributed by atoms with E-state index in [1.807, 2.05) is 37.4 Å². The van der Waals surface area contributed by atoms with Crippen molar-refractivity contribution in [2.75, 3.05) is 27.2 Å². The van der Waals surface area contributed by atoms with Crippen LogP contribution in [-0.4, -0.2) is 48.0 Å². The molecule has 0 spiro atoms. The summed E-state index contributed by atoms with van der Waals surface area (Å²) < 4.78 is 17.6. The van der Waals surface area contributed by atoms with E-state index in [1.165, 1.54) is 23.9 Å². The number of benzene rings is 2. The van der Waals surface area contributed by atoms with Gasteiger partial charge in [-0.25, -0.2) is 9.59 Å². The summed E-state index contributed by atoms with van der Waals surface area (Å²) in [6.07, 6.45) is 0.963. The Kier molecular flexibility index (Phi) is 7.00. The number of nitrogens with one attached hydrogen (secondary N) is 1. The quantitative estimate of drug-likeness (QED) is 0.583. The van der Waals surface area contributed by atoms with Crippen molar-refractivity contribution in [2.24, 2.45) is 0 Å². The first-order valence-electron chi connectivity index (χ1n) is 10.6. The smallest absolute Gasteiger partial charge is 0.437 e. The van der Waals surface area contributed by atoms with Gasteiger partial charge in [-0.15, -0.1) is 5.10 Å². The Bertz CT molecular complexity index is 1170. The largest absolute Gasteiger partial charge is 0.496 e. The third kappa shape index (κ3) is 5.37. The van der Waals surface area contributed by atoms with Crippen LogP contribution in [0.2, 0.25) is 5.02 Å². The maximum absolute atomic E-state index is 12.4. The van der Waals surface area contributed by atoms with E-state index in [0.29, 0.717) is 17.9 Å². The normalized spacial score (nSPS) is 14.8. The summed E-state index contributed by atoms with van der Waals surface area (Å²) in [6, 6.07) is 12.4. The van der Waals surface area contributed by atoms with E-state index in [-0.39, 0.29) is 22.7 Å². The summed E-state index contributed by atoms with van der Waals surface area (Å²) in [5, 5.41) is 7.21. The van der Waals surface area contributed by atoms with Crippen molar-refractivity contribution in [3.05, 3.63) is 63.6 Å². The zero-order valence-corrected chi connectivity index (χ0v) is 19.2. The summed E-state index contributed by atoms with van der Waals surface area (Å²) >= 11 is 6.36. The van der Waals surface area contributed by atoms with Crippen LogP contribution in [0.5, 0.6) is 11.5 Å². The zero-order chi connectivity index (χ0) is 23.4. The monoisotopic (exact) mass is 472 g/mol. The maximum atomic E-state index is 12.4. The Morgan fingerprint density at radius 3 is 2.64 bits per heavy atom. The highest BCUT2D eigenvalue weighted by Gasteiger charge is 2.25. The minimum Gasteiger partial charge on any atom is -0.496 e. The highest BCUT2D eigenvalue weighted by atomic mass is 35.5. The van der Waals surface area contributed by atoms with Gasteiger partial charge in [0.15, 0.2) is 5.75 Å². The van der Waals surface area contributed by atoms with Crippen molar-refractivity contribution in [3.63, 3.8) is 0 Å². The van der Waals surface area contributed by atoms with Gasteiger partial charge in [0.1, 0.15) is 5.75 Å². The van der Waals surface area contributed by atoms with Crippen molar-refractivity contribution in [2.45, 2.75) is 25.4 Å². The lowest BCUT2D eigenvalue weighted by atomic mass is 10.1. The number of aromatic nitrogens is 2. The summed E-state index contributed by atoms with van der Waals surface area (Å²) in [6.45, 7) is 2.08. The number of carbonyl (C=O) groups is 1. The third-order valence-corrected chi connectivity index (χ3v) is 5.87. The molecule has 0 atom stereocenters. The lowest BCUT2D eigenvalue weighted by Gasteiger charge is -2.27. The molecule has 2 aromatic carbocycles. The molecule has 1 aliphatic heterocycles. The fourth-order valence-corrected chi connectivity index (χ4v) is 3.92. The van der Waals surface area contributed by atoms with Gasteiger partial charge in [-0.3, -0.25) is 0 Å². The van der Waals surface area contributed by atoms with E-state index in [1.54, 1.807) is 0 Å². The molecule has 1 saturated heterocycles. The minimum absolute atomic E-state index is 0.0245. The Morgan fingerprint density at radius 2 is 1.94 bits per heavy atom. The average Bonchev–Trinajstić information content (AvgIpc) is 3.21. The topological polar surface area (TPSA) is 98.8 Å². The van der Waals surface area contributed by atoms with Gasteiger partial charge in [0.25, 0.3) is 5.89 Å². The van der Waals surface area contributed by atoms with Crippen molar-refractivity contribution in [1.29, 1.82) is 0 Å². The molecular formula is C23H25ClN4O5. The molecule has 174 valence electrons. The first kappa shape index (κ1) is 22.9. The van der Waals surface area contributed by atoms with Gasteiger partial charge in [0, 0.05) is 12.6 Å². The summed E-state index contributed by atoms with van der Waals surface area (Å²) in [5.41, 5.74) is 1.33. The Balaban J connectivity index is 1.51. The molecule has 1 N–H and O–H groups in total. The molecular weight excluding hydrogens is 448 g/mol. The molecule has 9 nitrogen and oxygen atoms in total. The number of methoxy groups -OCH3 is 1. The molecule has 1 amide bonds. The summed E-state index contributed by atoms with van der Waals surface area (Å²) in [5.74, 6) is -0.0157.